The lowest BCUT2D eigenvalue weighted by Crippen LogP contribution is -2.02. The van der Waals surface area contributed by atoms with Crippen LogP contribution in [0.5, 0.6) is 0 Å². The van der Waals surface area contributed by atoms with Crippen LogP contribution in [0.15, 0.2) is 12.1 Å². The van der Waals surface area contributed by atoms with E-state index in [1.54, 1.807) is 11.3 Å². The van der Waals surface area contributed by atoms with Crippen molar-refractivity contribution in [2.24, 2.45) is 0 Å². The van der Waals surface area contributed by atoms with Gasteiger partial charge in [0.25, 0.3) is 0 Å². The van der Waals surface area contributed by atoms with Crippen LogP contribution in [0.4, 0.5) is 0 Å². The first-order valence-electron chi connectivity index (χ1n) is 3.06. The molecule has 0 saturated carbocycles. The summed E-state index contributed by atoms with van der Waals surface area (Å²) in [4.78, 5) is 2.29. The summed E-state index contributed by atoms with van der Waals surface area (Å²) in [6.07, 6.45) is 5.20. The summed E-state index contributed by atoms with van der Waals surface area (Å²) in [5.41, 5.74) is 0. The molecule has 52 valence electrons. The minimum atomic E-state index is 0.909. The van der Waals surface area contributed by atoms with Gasteiger partial charge in [0.1, 0.15) is 0 Å². The third-order valence-corrected chi connectivity index (χ3v) is 2.17. The highest BCUT2D eigenvalue weighted by molar-refractivity contribution is 7.12. The number of thiophene rings is 1. The van der Waals surface area contributed by atoms with Gasteiger partial charge in [-0.2, -0.15) is 0 Å². The predicted molar refractivity (Wildman–Crippen MR) is 45.0 cm³/mol. The summed E-state index contributed by atoms with van der Waals surface area (Å²) >= 11 is 1.66. The van der Waals surface area contributed by atoms with Crippen molar-refractivity contribution in [1.29, 1.82) is 0 Å². The van der Waals surface area contributed by atoms with Gasteiger partial charge in [-0.3, -0.25) is 0 Å². The van der Waals surface area contributed by atoms with Crippen molar-refractivity contribution >= 4 is 11.3 Å². The van der Waals surface area contributed by atoms with Gasteiger partial charge in [-0.25, -0.2) is 0 Å². The van der Waals surface area contributed by atoms with Crippen molar-refractivity contribution in [3.8, 4) is 12.3 Å². The Morgan fingerprint density at radius 1 is 1.70 bits per heavy atom. The van der Waals surface area contributed by atoms with Crippen molar-refractivity contribution < 1.29 is 0 Å². The Bertz CT molecular complexity index is 244. The molecule has 1 N–H and O–H groups in total. The molecule has 10 heavy (non-hydrogen) atoms. The summed E-state index contributed by atoms with van der Waals surface area (Å²) in [6, 6.07) is 4.02. The van der Waals surface area contributed by atoms with Crippen LogP contribution in [0, 0.1) is 12.3 Å². The highest BCUT2D eigenvalue weighted by Gasteiger charge is 1.94. The molecule has 0 spiro atoms. The first-order chi connectivity index (χ1) is 4.86. The zero-order chi connectivity index (χ0) is 7.40. The van der Waals surface area contributed by atoms with Gasteiger partial charge in [0.2, 0.25) is 0 Å². The molecule has 1 nitrogen and oxygen atoms in total. The molecule has 1 aromatic heterocycles. The van der Waals surface area contributed by atoms with Gasteiger partial charge in [0.05, 0.1) is 4.88 Å². The Kier molecular flexibility index (Phi) is 2.49. The van der Waals surface area contributed by atoms with E-state index in [1.165, 1.54) is 4.88 Å². The van der Waals surface area contributed by atoms with Gasteiger partial charge in [-0.1, -0.05) is 5.92 Å². The molecule has 0 saturated heterocycles. The molecule has 0 amide bonds. The normalized spacial score (nSPS) is 9.20. The molecule has 0 atom stereocenters. The third-order valence-electron chi connectivity index (χ3n) is 1.15. The first kappa shape index (κ1) is 7.33. The lowest BCUT2D eigenvalue weighted by Gasteiger charge is -1.89. The maximum Gasteiger partial charge on any atom is 0.0769 e. The maximum absolute atomic E-state index is 5.20. The van der Waals surface area contributed by atoms with Gasteiger partial charge >= 0.3 is 0 Å². The van der Waals surface area contributed by atoms with Crippen LogP contribution in [0.1, 0.15) is 9.75 Å². The molecule has 1 rings (SSSR count). The second-order valence-electron chi connectivity index (χ2n) is 1.94. The third kappa shape index (κ3) is 1.60. The van der Waals surface area contributed by atoms with Crippen LogP contribution in [0.25, 0.3) is 0 Å². The van der Waals surface area contributed by atoms with E-state index in [-0.39, 0.29) is 0 Å². The van der Waals surface area contributed by atoms with E-state index in [1.807, 2.05) is 13.1 Å². The number of hydrogen-bond acceptors (Lipinski definition) is 2. The maximum atomic E-state index is 5.20. The number of rotatable bonds is 2. The Morgan fingerprint density at radius 2 is 2.50 bits per heavy atom. The quantitative estimate of drug-likeness (QED) is 0.631. The largest absolute Gasteiger partial charge is 0.315 e. The zero-order valence-corrected chi connectivity index (χ0v) is 6.66. The predicted octanol–water partition coefficient (Wildman–Crippen LogP) is 1.45. The van der Waals surface area contributed by atoms with Crippen LogP contribution in [-0.4, -0.2) is 7.05 Å². The Morgan fingerprint density at radius 3 is 3.00 bits per heavy atom. The van der Waals surface area contributed by atoms with E-state index in [0.717, 1.165) is 11.4 Å². The Labute approximate surface area is 65.1 Å². The minimum Gasteiger partial charge on any atom is -0.315 e. The van der Waals surface area contributed by atoms with Gasteiger partial charge in [0, 0.05) is 11.4 Å². The second-order valence-corrected chi connectivity index (χ2v) is 3.11. The summed E-state index contributed by atoms with van der Waals surface area (Å²) in [6.45, 7) is 0.909. The van der Waals surface area contributed by atoms with Crippen LogP contribution in [0.2, 0.25) is 0 Å². The highest BCUT2D eigenvalue weighted by Crippen LogP contribution is 2.14. The second kappa shape index (κ2) is 3.40. The van der Waals surface area contributed by atoms with Gasteiger partial charge in [-0.05, 0) is 19.2 Å². The summed E-state index contributed by atoms with van der Waals surface area (Å²) < 4.78 is 0. The van der Waals surface area contributed by atoms with Gasteiger partial charge < -0.3 is 5.32 Å². The van der Waals surface area contributed by atoms with E-state index in [9.17, 15) is 0 Å². The number of hydrogen-bond donors (Lipinski definition) is 1. The molecule has 1 aromatic rings. The number of nitrogens with one attached hydrogen (secondary N) is 1. The van der Waals surface area contributed by atoms with Crippen molar-refractivity contribution in [2.45, 2.75) is 6.54 Å². The summed E-state index contributed by atoms with van der Waals surface area (Å²) in [7, 11) is 1.93. The molecule has 2 heteroatoms. The molecule has 0 aromatic carbocycles. The highest BCUT2D eigenvalue weighted by atomic mass is 32.1. The molecule has 0 radical (unpaired) electrons. The zero-order valence-electron chi connectivity index (χ0n) is 5.85. The van der Waals surface area contributed by atoms with Crippen molar-refractivity contribution in [3.63, 3.8) is 0 Å². The minimum absolute atomic E-state index is 0.909. The van der Waals surface area contributed by atoms with E-state index in [4.69, 9.17) is 6.42 Å². The molecule has 0 fully saturated rings. The molecule has 0 aliphatic rings. The molecule has 1 heterocycles. The van der Waals surface area contributed by atoms with Crippen LogP contribution in [0.3, 0.4) is 0 Å². The molecule has 0 aliphatic carbocycles. The monoisotopic (exact) mass is 151 g/mol. The average Bonchev–Trinajstić information content (AvgIpc) is 2.37. The lowest BCUT2D eigenvalue weighted by molar-refractivity contribution is 0.831. The van der Waals surface area contributed by atoms with Crippen LogP contribution >= 0.6 is 11.3 Å². The summed E-state index contributed by atoms with van der Waals surface area (Å²) in [5.74, 6) is 2.60. The molecular formula is C8H9NS. The molecule has 0 unspecified atom stereocenters. The average molecular weight is 151 g/mol. The smallest absolute Gasteiger partial charge is 0.0769 e. The van der Waals surface area contributed by atoms with E-state index >= 15 is 0 Å². The van der Waals surface area contributed by atoms with Crippen molar-refractivity contribution in [2.75, 3.05) is 7.05 Å². The Balaban J connectivity index is 2.71. The van der Waals surface area contributed by atoms with Gasteiger partial charge in [0.15, 0.2) is 0 Å². The Hall–Kier alpha value is -0.780. The lowest BCUT2D eigenvalue weighted by atomic mass is 10.4. The fraction of sp³-hybridized carbons (Fsp3) is 0.250. The molecular weight excluding hydrogens is 142 g/mol. The molecule has 0 aliphatic heterocycles. The van der Waals surface area contributed by atoms with E-state index in [2.05, 4.69) is 17.3 Å². The molecule has 0 bridgehead atoms. The van der Waals surface area contributed by atoms with Gasteiger partial charge in [-0.15, -0.1) is 17.8 Å². The van der Waals surface area contributed by atoms with Crippen LogP contribution < -0.4 is 5.32 Å². The summed E-state index contributed by atoms with van der Waals surface area (Å²) in [5, 5.41) is 3.06. The van der Waals surface area contributed by atoms with Crippen LogP contribution in [-0.2, 0) is 6.54 Å². The topological polar surface area (TPSA) is 12.0 Å². The number of terminal acetylenes is 1. The fourth-order valence-electron chi connectivity index (χ4n) is 0.725. The van der Waals surface area contributed by atoms with Crippen molar-refractivity contribution in [1.82, 2.24) is 5.32 Å². The van der Waals surface area contributed by atoms with E-state index < -0.39 is 0 Å². The van der Waals surface area contributed by atoms with E-state index in [0.29, 0.717) is 0 Å². The SMILES string of the molecule is C#Cc1ccc(CNC)s1. The standard InChI is InChI=1S/C8H9NS/c1-3-7-4-5-8(10-7)6-9-2/h1,4-5,9H,6H2,2H3. The fourth-order valence-corrected chi connectivity index (χ4v) is 1.55. The van der Waals surface area contributed by atoms with Crippen molar-refractivity contribution in [3.05, 3.63) is 21.9 Å². The first-order valence-corrected chi connectivity index (χ1v) is 3.88.